The number of nitrogens with one attached hydrogen (secondary N) is 1. The second-order valence-corrected chi connectivity index (χ2v) is 11.0. The van der Waals surface area contributed by atoms with E-state index in [2.05, 4.69) is 5.32 Å². The molecule has 3 atom stereocenters. The molecule has 4 rings (SSSR count). The molecule has 0 bridgehead atoms. The second-order valence-electron chi connectivity index (χ2n) is 10.2. The van der Waals surface area contributed by atoms with Crippen LogP contribution in [-0.2, 0) is 25.7 Å². The Bertz CT molecular complexity index is 1020. The number of benzene rings is 1. The van der Waals surface area contributed by atoms with Crippen molar-refractivity contribution in [2.24, 2.45) is 11.8 Å². The monoisotopic (exact) mass is 547 g/mol. The molecule has 1 saturated carbocycles. The van der Waals surface area contributed by atoms with Gasteiger partial charge in [0.2, 0.25) is 23.6 Å². The van der Waals surface area contributed by atoms with E-state index >= 15 is 0 Å². The number of hydrogen-bond donors (Lipinski definition) is 1. The van der Waals surface area contributed by atoms with Gasteiger partial charge in [-0.2, -0.15) is 0 Å². The van der Waals surface area contributed by atoms with E-state index in [1.54, 1.807) is 18.2 Å². The number of carbonyl (C=O) groups is 4. The number of hydrogen-bond acceptors (Lipinski definition) is 4. The van der Waals surface area contributed by atoms with Crippen LogP contribution >= 0.6 is 23.2 Å². The van der Waals surface area contributed by atoms with Crippen molar-refractivity contribution in [3.05, 3.63) is 46.0 Å². The van der Waals surface area contributed by atoms with Gasteiger partial charge in [-0.25, -0.2) is 0 Å². The predicted octanol–water partition coefficient (Wildman–Crippen LogP) is 4.89. The zero-order valence-corrected chi connectivity index (χ0v) is 22.8. The summed E-state index contributed by atoms with van der Waals surface area (Å²) in [4.78, 5) is 55.5. The molecule has 2 fully saturated rings. The molecule has 1 N–H and O–H groups in total. The lowest BCUT2D eigenvalue weighted by molar-refractivity contribution is -0.144. The van der Waals surface area contributed by atoms with E-state index in [0.29, 0.717) is 34.9 Å². The molecule has 0 spiro atoms. The largest absolute Gasteiger partial charge is 0.352 e. The normalized spacial score (nSPS) is 22.6. The quantitative estimate of drug-likeness (QED) is 0.352. The van der Waals surface area contributed by atoms with Gasteiger partial charge in [-0.1, -0.05) is 67.6 Å². The van der Waals surface area contributed by atoms with Crippen molar-refractivity contribution in [3.63, 3.8) is 0 Å². The predicted molar refractivity (Wildman–Crippen MR) is 143 cm³/mol. The Hall–Kier alpha value is -2.38. The maximum Gasteiger partial charge on any atom is 0.243 e. The van der Waals surface area contributed by atoms with Crippen LogP contribution in [-0.4, -0.2) is 52.1 Å². The van der Waals surface area contributed by atoms with Crippen LogP contribution in [0.3, 0.4) is 0 Å². The van der Waals surface area contributed by atoms with Crippen LogP contribution in [0.2, 0.25) is 10.0 Å². The summed E-state index contributed by atoms with van der Waals surface area (Å²) in [6.07, 6.45) is 10.5. The summed E-state index contributed by atoms with van der Waals surface area (Å²) in [7, 11) is 0. The molecule has 0 unspecified atom stereocenters. The molecule has 37 heavy (non-hydrogen) atoms. The van der Waals surface area contributed by atoms with E-state index in [0.717, 1.165) is 25.7 Å². The molecular formula is C28H35Cl2N3O4. The number of carbonyl (C=O) groups excluding carboxylic acids is 4. The minimum Gasteiger partial charge on any atom is -0.352 e. The van der Waals surface area contributed by atoms with E-state index in [4.69, 9.17) is 23.2 Å². The molecule has 1 saturated heterocycles. The first-order valence-corrected chi connectivity index (χ1v) is 14.1. The highest BCUT2D eigenvalue weighted by molar-refractivity contribution is 6.36. The third-order valence-electron chi connectivity index (χ3n) is 7.88. The SMILES string of the molecule is CC[C@H](C(=O)NC1CCCCC1)N(Cc1c(Cl)cccc1Cl)C(=O)CCN1C(=O)[C@H]2CC=CC[C@H]2C1=O. The third-order valence-corrected chi connectivity index (χ3v) is 8.58. The molecule has 1 aromatic rings. The molecule has 1 aliphatic heterocycles. The Labute approximate surface area is 228 Å². The fourth-order valence-corrected chi connectivity index (χ4v) is 6.27. The van der Waals surface area contributed by atoms with Gasteiger partial charge in [0.25, 0.3) is 0 Å². The standard InChI is InChI=1S/C28H35Cl2N3O4/c1-2-24(26(35)31-18-9-4-3-5-10-18)33(17-21-22(29)13-8-14-23(21)30)25(34)15-16-32-27(36)19-11-6-7-12-20(19)28(32)37/h6-8,13-14,18-20,24H,2-5,9-12,15-17H2,1H3,(H,31,35)/t19-,20+,24-/m1/s1. The molecule has 2 aliphatic carbocycles. The molecule has 3 aliphatic rings. The molecule has 0 aromatic heterocycles. The van der Waals surface area contributed by atoms with Crippen LogP contribution in [0, 0.1) is 11.8 Å². The first-order valence-electron chi connectivity index (χ1n) is 13.3. The van der Waals surface area contributed by atoms with Crippen molar-refractivity contribution in [1.82, 2.24) is 15.1 Å². The number of rotatable bonds is 9. The Morgan fingerprint density at radius 3 is 2.19 bits per heavy atom. The Balaban J connectivity index is 1.51. The van der Waals surface area contributed by atoms with Crippen LogP contribution in [0.5, 0.6) is 0 Å². The molecule has 1 aromatic carbocycles. The van der Waals surface area contributed by atoms with Crippen molar-refractivity contribution in [2.75, 3.05) is 6.54 Å². The summed E-state index contributed by atoms with van der Waals surface area (Å²) < 4.78 is 0. The molecular weight excluding hydrogens is 513 g/mol. The lowest BCUT2D eigenvalue weighted by Crippen LogP contribution is -2.52. The van der Waals surface area contributed by atoms with Crippen molar-refractivity contribution < 1.29 is 19.2 Å². The van der Waals surface area contributed by atoms with Gasteiger partial charge in [0, 0.05) is 41.2 Å². The van der Waals surface area contributed by atoms with Gasteiger partial charge < -0.3 is 10.2 Å². The number of nitrogens with zero attached hydrogens (tertiary/aromatic N) is 2. The minimum atomic E-state index is -0.724. The number of amides is 4. The van der Waals surface area contributed by atoms with Crippen LogP contribution in [0.25, 0.3) is 0 Å². The summed E-state index contributed by atoms with van der Waals surface area (Å²) in [5, 5.41) is 3.96. The van der Waals surface area contributed by atoms with E-state index in [1.165, 1.54) is 16.2 Å². The van der Waals surface area contributed by atoms with E-state index in [-0.39, 0.29) is 61.0 Å². The second kappa shape index (κ2) is 12.4. The van der Waals surface area contributed by atoms with Crippen LogP contribution in [0.1, 0.15) is 70.3 Å². The van der Waals surface area contributed by atoms with Crippen molar-refractivity contribution in [3.8, 4) is 0 Å². The van der Waals surface area contributed by atoms with Gasteiger partial charge in [-0.05, 0) is 44.2 Å². The average molecular weight is 549 g/mol. The smallest absolute Gasteiger partial charge is 0.243 e. The fourth-order valence-electron chi connectivity index (χ4n) is 5.76. The first kappa shape index (κ1) is 27.6. The topological polar surface area (TPSA) is 86.8 Å². The number of fused-ring (bicyclic) bond motifs is 1. The summed E-state index contributed by atoms with van der Waals surface area (Å²) >= 11 is 12.8. The number of likely N-dealkylation sites (tertiary alicyclic amines) is 1. The van der Waals surface area contributed by atoms with Gasteiger partial charge in [-0.15, -0.1) is 0 Å². The van der Waals surface area contributed by atoms with Gasteiger partial charge in [0.15, 0.2) is 0 Å². The Morgan fingerprint density at radius 2 is 1.62 bits per heavy atom. The Kier molecular flexibility index (Phi) is 9.30. The highest BCUT2D eigenvalue weighted by Gasteiger charge is 2.47. The highest BCUT2D eigenvalue weighted by Crippen LogP contribution is 2.35. The number of halogens is 2. The lowest BCUT2D eigenvalue weighted by atomic mass is 9.85. The third kappa shape index (κ3) is 6.20. The highest BCUT2D eigenvalue weighted by atomic mass is 35.5. The fraction of sp³-hybridized carbons (Fsp3) is 0.571. The zero-order valence-electron chi connectivity index (χ0n) is 21.3. The molecule has 1 heterocycles. The summed E-state index contributed by atoms with van der Waals surface area (Å²) in [6, 6.07) is 4.51. The average Bonchev–Trinajstić information content (AvgIpc) is 3.14. The Morgan fingerprint density at radius 1 is 1.03 bits per heavy atom. The molecule has 4 amide bonds. The molecule has 9 heteroatoms. The maximum atomic E-state index is 13.6. The van der Waals surface area contributed by atoms with Crippen molar-refractivity contribution >= 4 is 46.8 Å². The maximum absolute atomic E-state index is 13.6. The molecule has 7 nitrogen and oxygen atoms in total. The van der Waals surface area contributed by atoms with Crippen LogP contribution < -0.4 is 5.32 Å². The number of allylic oxidation sites excluding steroid dienone is 2. The van der Waals surface area contributed by atoms with Gasteiger partial charge in [0.1, 0.15) is 6.04 Å². The van der Waals surface area contributed by atoms with Crippen LogP contribution in [0.4, 0.5) is 0 Å². The van der Waals surface area contributed by atoms with Gasteiger partial charge >= 0.3 is 0 Å². The van der Waals surface area contributed by atoms with Crippen molar-refractivity contribution in [2.45, 2.75) is 83.3 Å². The lowest BCUT2D eigenvalue weighted by Gasteiger charge is -2.33. The minimum absolute atomic E-state index is 0.00304. The molecule has 0 radical (unpaired) electrons. The van der Waals surface area contributed by atoms with Crippen LogP contribution in [0.15, 0.2) is 30.4 Å². The van der Waals surface area contributed by atoms with Gasteiger partial charge in [-0.3, -0.25) is 24.1 Å². The number of imide groups is 1. The van der Waals surface area contributed by atoms with Crippen molar-refractivity contribution in [1.29, 1.82) is 0 Å². The first-order chi connectivity index (χ1) is 17.8. The summed E-state index contributed by atoms with van der Waals surface area (Å²) in [5.74, 6) is -1.62. The summed E-state index contributed by atoms with van der Waals surface area (Å²) in [5.41, 5.74) is 0.563. The van der Waals surface area contributed by atoms with E-state index in [9.17, 15) is 19.2 Å². The van der Waals surface area contributed by atoms with E-state index in [1.807, 2.05) is 19.1 Å². The summed E-state index contributed by atoms with van der Waals surface area (Å²) in [6.45, 7) is 1.92. The van der Waals surface area contributed by atoms with E-state index < -0.39 is 6.04 Å². The zero-order chi connectivity index (χ0) is 26.5. The molecule has 200 valence electrons. The van der Waals surface area contributed by atoms with Gasteiger partial charge in [0.05, 0.1) is 11.8 Å².